The number of nitrogens with one attached hydrogen (secondary N) is 1. The molecule has 1 aliphatic heterocycles. The van der Waals surface area contributed by atoms with Gasteiger partial charge in [0.25, 0.3) is 0 Å². The molecule has 21 heavy (non-hydrogen) atoms. The van der Waals surface area contributed by atoms with Crippen molar-refractivity contribution in [3.8, 4) is 0 Å². The van der Waals surface area contributed by atoms with Gasteiger partial charge in [0, 0.05) is 19.1 Å². The number of nitrogens with zero attached hydrogens (tertiary/aromatic N) is 3. The predicted molar refractivity (Wildman–Crippen MR) is 73.4 cm³/mol. The summed E-state index contributed by atoms with van der Waals surface area (Å²) in [7, 11) is 0. The summed E-state index contributed by atoms with van der Waals surface area (Å²) in [6.07, 6.45) is 0.238. The second kappa shape index (κ2) is 5.32. The maximum atomic E-state index is 11.6. The summed E-state index contributed by atoms with van der Waals surface area (Å²) in [5.41, 5.74) is -1.31. The Morgan fingerprint density at radius 2 is 2.29 bits per heavy atom. The Balaban J connectivity index is 2.51. The Bertz CT molecular complexity index is 574. The van der Waals surface area contributed by atoms with Gasteiger partial charge in [0.15, 0.2) is 5.54 Å². The largest absolute Gasteiger partial charge is 0.479 e. The second-order valence-corrected chi connectivity index (χ2v) is 5.39. The zero-order valence-electron chi connectivity index (χ0n) is 12.1. The van der Waals surface area contributed by atoms with E-state index in [1.807, 2.05) is 13.8 Å². The Kier molecular flexibility index (Phi) is 3.86. The number of aliphatic carboxylic acids is 1. The van der Waals surface area contributed by atoms with E-state index < -0.39 is 16.4 Å². The maximum Gasteiger partial charge on any atom is 0.333 e. The van der Waals surface area contributed by atoms with E-state index in [2.05, 4.69) is 10.4 Å². The van der Waals surface area contributed by atoms with Crippen LogP contribution in [0, 0.1) is 17.0 Å². The normalized spacial score (nSPS) is 21.7. The zero-order chi connectivity index (χ0) is 15.8. The number of nitro groups is 1. The molecule has 1 saturated heterocycles. The summed E-state index contributed by atoms with van der Waals surface area (Å²) in [5.74, 6) is -0.983. The molecule has 2 rings (SSSR count). The summed E-state index contributed by atoms with van der Waals surface area (Å²) < 4.78 is 6.60. The third-order valence-electron chi connectivity index (χ3n) is 3.51. The minimum absolute atomic E-state index is 0.0399. The number of hydrogen-bond donors (Lipinski definition) is 2. The first-order valence-electron chi connectivity index (χ1n) is 6.61. The Morgan fingerprint density at radius 3 is 2.71 bits per heavy atom. The Morgan fingerprint density at radius 1 is 1.62 bits per heavy atom. The van der Waals surface area contributed by atoms with Crippen molar-refractivity contribution in [3.05, 3.63) is 15.8 Å². The average Bonchev–Trinajstić information content (AvgIpc) is 2.95. The Labute approximate surface area is 121 Å². The van der Waals surface area contributed by atoms with Gasteiger partial charge < -0.3 is 15.2 Å². The highest BCUT2D eigenvalue weighted by Gasteiger charge is 2.45. The van der Waals surface area contributed by atoms with E-state index in [1.54, 1.807) is 0 Å². The molecule has 0 aliphatic carbocycles. The molecule has 9 heteroatoms. The van der Waals surface area contributed by atoms with Crippen molar-refractivity contribution in [1.82, 2.24) is 9.78 Å². The number of rotatable bonds is 5. The van der Waals surface area contributed by atoms with E-state index in [4.69, 9.17) is 4.74 Å². The van der Waals surface area contributed by atoms with Gasteiger partial charge in [-0.15, -0.1) is 0 Å². The predicted octanol–water partition coefficient (Wildman–Crippen LogP) is 1.34. The van der Waals surface area contributed by atoms with Crippen LogP contribution < -0.4 is 5.32 Å². The molecular weight excluding hydrogens is 280 g/mol. The smallest absolute Gasteiger partial charge is 0.333 e. The molecule has 0 radical (unpaired) electrons. The topological polar surface area (TPSA) is 120 Å². The van der Waals surface area contributed by atoms with Crippen LogP contribution in [0.4, 0.5) is 11.5 Å². The number of anilines is 1. The minimum atomic E-state index is -1.36. The van der Waals surface area contributed by atoms with E-state index in [1.165, 1.54) is 11.6 Å². The van der Waals surface area contributed by atoms with Crippen molar-refractivity contribution in [2.24, 2.45) is 0 Å². The van der Waals surface area contributed by atoms with E-state index in [9.17, 15) is 20.0 Å². The van der Waals surface area contributed by atoms with E-state index in [0.717, 1.165) is 0 Å². The molecule has 1 aromatic heterocycles. The summed E-state index contributed by atoms with van der Waals surface area (Å²) in [4.78, 5) is 22.3. The monoisotopic (exact) mass is 298 g/mol. The Hall–Kier alpha value is -2.16. The van der Waals surface area contributed by atoms with Gasteiger partial charge in [-0.25, -0.2) is 9.48 Å². The quantitative estimate of drug-likeness (QED) is 0.621. The van der Waals surface area contributed by atoms with Gasteiger partial charge in [0.2, 0.25) is 5.82 Å². The number of aromatic nitrogens is 2. The lowest BCUT2D eigenvalue weighted by atomic mass is 9.99. The van der Waals surface area contributed by atoms with Crippen LogP contribution in [-0.4, -0.2) is 44.5 Å². The van der Waals surface area contributed by atoms with Gasteiger partial charge in [0.05, 0.1) is 11.5 Å². The van der Waals surface area contributed by atoms with Gasteiger partial charge in [-0.2, -0.15) is 5.10 Å². The number of carboxylic acid groups (broad SMARTS) is 1. The van der Waals surface area contributed by atoms with Crippen molar-refractivity contribution < 1.29 is 19.6 Å². The number of carboxylic acids is 1. The third kappa shape index (κ3) is 2.56. The van der Waals surface area contributed by atoms with Crippen molar-refractivity contribution in [3.63, 3.8) is 0 Å². The summed E-state index contributed by atoms with van der Waals surface area (Å²) in [5, 5.41) is 27.7. The lowest BCUT2D eigenvalue weighted by molar-refractivity contribution is -0.384. The molecule has 9 nitrogen and oxygen atoms in total. The maximum absolute atomic E-state index is 11.6. The third-order valence-corrected chi connectivity index (χ3v) is 3.51. The van der Waals surface area contributed by atoms with Gasteiger partial charge in [0.1, 0.15) is 5.69 Å². The molecule has 1 aliphatic rings. The molecule has 0 aromatic carbocycles. The summed E-state index contributed by atoms with van der Waals surface area (Å²) in [6.45, 7) is 5.42. The molecule has 2 N–H and O–H groups in total. The highest BCUT2D eigenvalue weighted by atomic mass is 16.6. The van der Waals surface area contributed by atoms with Gasteiger partial charge in [-0.3, -0.25) is 10.1 Å². The number of aryl methyl sites for hydroxylation is 1. The minimum Gasteiger partial charge on any atom is -0.479 e. The molecule has 116 valence electrons. The molecule has 1 aromatic rings. The average molecular weight is 298 g/mol. The van der Waals surface area contributed by atoms with Crippen LogP contribution in [-0.2, 0) is 9.53 Å². The number of carbonyl (C=O) groups is 1. The van der Waals surface area contributed by atoms with Crippen LogP contribution in [0.1, 0.15) is 32.0 Å². The van der Waals surface area contributed by atoms with Gasteiger partial charge >= 0.3 is 11.7 Å². The lowest BCUT2D eigenvalue weighted by Crippen LogP contribution is -2.47. The molecule has 0 spiro atoms. The fourth-order valence-corrected chi connectivity index (χ4v) is 2.36. The fraction of sp³-hybridized carbons (Fsp3) is 0.667. The van der Waals surface area contributed by atoms with Crippen molar-refractivity contribution in [2.75, 3.05) is 18.5 Å². The first-order valence-corrected chi connectivity index (χ1v) is 6.61. The first kappa shape index (κ1) is 15.2. The molecule has 2 heterocycles. The van der Waals surface area contributed by atoms with Crippen LogP contribution in [0.15, 0.2) is 0 Å². The van der Waals surface area contributed by atoms with E-state index in [0.29, 0.717) is 6.61 Å². The van der Waals surface area contributed by atoms with Crippen LogP contribution in [0.3, 0.4) is 0 Å². The summed E-state index contributed by atoms with van der Waals surface area (Å²) in [6, 6.07) is -0.145. The molecule has 0 bridgehead atoms. The highest BCUT2D eigenvalue weighted by Crippen LogP contribution is 2.35. The molecule has 1 atom stereocenters. The molecule has 1 fully saturated rings. The highest BCUT2D eigenvalue weighted by molar-refractivity contribution is 5.84. The van der Waals surface area contributed by atoms with Gasteiger partial charge in [-0.1, -0.05) is 0 Å². The number of ether oxygens (including phenoxy) is 1. The first-order chi connectivity index (χ1) is 9.78. The van der Waals surface area contributed by atoms with E-state index >= 15 is 0 Å². The molecule has 1 unspecified atom stereocenters. The van der Waals surface area contributed by atoms with Crippen LogP contribution in [0.25, 0.3) is 0 Å². The standard InChI is InChI=1S/C12H18N4O5/c1-7(2)15-10(9(16(19)20)8(3)14-15)13-12(11(17)18)4-5-21-6-12/h7,13H,4-6H2,1-3H3,(H,17,18). The lowest BCUT2D eigenvalue weighted by Gasteiger charge is -2.25. The molecular formula is C12H18N4O5. The van der Waals surface area contributed by atoms with Crippen LogP contribution in [0.2, 0.25) is 0 Å². The SMILES string of the molecule is Cc1nn(C(C)C)c(NC2(C(=O)O)CCOC2)c1[N+](=O)[O-]. The molecule has 0 saturated carbocycles. The van der Waals surface area contributed by atoms with Crippen LogP contribution >= 0.6 is 0 Å². The molecule has 0 amide bonds. The summed E-state index contributed by atoms with van der Waals surface area (Å²) >= 11 is 0. The fourth-order valence-electron chi connectivity index (χ4n) is 2.36. The van der Waals surface area contributed by atoms with Crippen molar-refractivity contribution in [2.45, 2.75) is 38.8 Å². The van der Waals surface area contributed by atoms with Crippen molar-refractivity contribution in [1.29, 1.82) is 0 Å². The number of hydrogen-bond acceptors (Lipinski definition) is 6. The second-order valence-electron chi connectivity index (χ2n) is 5.39. The van der Waals surface area contributed by atoms with Gasteiger partial charge in [-0.05, 0) is 20.8 Å². The van der Waals surface area contributed by atoms with E-state index in [-0.39, 0.29) is 36.3 Å². The van der Waals surface area contributed by atoms with Crippen LogP contribution in [0.5, 0.6) is 0 Å². The van der Waals surface area contributed by atoms with Crippen molar-refractivity contribution >= 4 is 17.5 Å². The zero-order valence-corrected chi connectivity index (χ0v) is 12.1.